The van der Waals surface area contributed by atoms with E-state index in [1.54, 1.807) is 0 Å². The van der Waals surface area contributed by atoms with Crippen LogP contribution in [0.1, 0.15) is 11.1 Å². The highest BCUT2D eigenvalue weighted by Crippen LogP contribution is 2.52. The van der Waals surface area contributed by atoms with Crippen LogP contribution in [0.4, 0.5) is 0 Å². The van der Waals surface area contributed by atoms with Crippen molar-refractivity contribution in [3.63, 3.8) is 0 Å². The van der Waals surface area contributed by atoms with Crippen LogP contribution in [0.15, 0.2) is 60.8 Å². The van der Waals surface area contributed by atoms with E-state index in [2.05, 4.69) is 64.2 Å². The molecule has 3 aromatic rings. The number of aliphatic carboxylic acids is 1. The van der Waals surface area contributed by atoms with Gasteiger partial charge in [-0.15, -0.1) is 0 Å². The monoisotopic (exact) mass is 346 g/mol. The molecule has 2 fully saturated rings. The first-order valence-corrected chi connectivity index (χ1v) is 9.26. The van der Waals surface area contributed by atoms with Gasteiger partial charge in [-0.3, -0.25) is 9.69 Å². The van der Waals surface area contributed by atoms with Gasteiger partial charge in [-0.25, -0.2) is 0 Å². The molecule has 26 heavy (non-hydrogen) atoms. The molecule has 5 rings (SSSR count). The summed E-state index contributed by atoms with van der Waals surface area (Å²) in [5.41, 5.74) is 3.90. The van der Waals surface area contributed by atoms with Gasteiger partial charge in [0.2, 0.25) is 0 Å². The van der Waals surface area contributed by atoms with Crippen molar-refractivity contribution in [1.29, 1.82) is 0 Å². The number of nitrogens with zero attached hydrogens (tertiary/aromatic N) is 2. The van der Waals surface area contributed by atoms with Gasteiger partial charge in [0.15, 0.2) is 0 Å². The molecule has 1 unspecified atom stereocenters. The highest BCUT2D eigenvalue weighted by Gasteiger charge is 2.59. The Bertz CT molecular complexity index is 951. The molecule has 4 heteroatoms. The molecule has 3 atom stereocenters. The molecule has 1 aliphatic carbocycles. The summed E-state index contributed by atoms with van der Waals surface area (Å²) in [6.07, 6.45) is 2.27. The van der Waals surface area contributed by atoms with Crippen molar-refractivity contribution in [2.24, 2.45) is 17.8 Å². The Labute approximate surface area is 152 Å². The number of hydrogen-bond acceptors (Lipinski definition) is 2. The van der Waals surface area contributed by atoms with Gasteiger partial charge < -0.3 is 9.67 Å². The normalized spacial score (nSPS) is 24.7. The summed E-state index contributed by atoms with van der Waals surface area (Å²) in [4.78, 5) is 13.6. The second kappa shape index (κ2) is 5.99. The van der Waals surface area contributed by atoms with E-state index in [0.717, 1.165) is 26.2 Å². The smallest absolute Gasteiger partial charge is 0.307 e. The summed E-state index contributed by atoms with van der Waals surface area (Å²) < 4.78 is 2.33. The lowest BCUT2D eigenvalue weighted by atomic mass is 10.1. The molecule has 0 bridgehead atoms. The number of carboxylic acid groups (broad SMARTS) is 1. The van der Waals surface area contributed by atoms with Crippen LogP contribution < -0.4 is 0 Å². The lowest BCUT2D eigenvalue weighted by Gasteiger charge is -2.18. The maximum atomic E-state index is 11.2. The summed E-state index contributed by atoms with van der Waals surface area (Å²) in [7, 11) is 0. The van der Waals surface area contributed by atoms with Crippen molar-refractivity contribution in [2.45, 2.75) is 13.1 Å². The van der Waals surface area contributed by atoms with Crippen LogP contribution in [0.5, 0.6) is 0 Å². The number of carboxylic acids is 1. The van der Waals surface area contributed by atoms with E-state index >= 15 is 0 Å². The van der Waals surface area contributed by atoms with Crippen LogP contribution in [0.3, 0.4) is 0 Å². The first-order valence-electron chi connectivity index (χ1n) is 9.26. The highest BCUT2D eigenvalue weighted by molar-refractivity contribution is 5.84. The summed E-state index contributed by atoms with van der Waals surface area (Å²) >= 11 is 0. The van der Waals surface area contributed by atoms with Crippen LogP contribution in [0, 0.1) is 17.8 Å². The zero-order valence-electron chi connectivity index (χ0n) is 14.6. The zero-order chi connectivity index (χ0) is 17.7. The first kappa shape index (κ1) is 15.6. The van der Waals surface area contributed by atoms with Crippen molar-refractivity contribution in [3.05, 3.63) is 71.9 Å². The van der Waals surface area contributed by atoms with E-state index in [9.17, 15) is 9.90 Å². The summed E-state index contributed by atoms with van der Waals surface area (Å²) in [6, 6.07) is 19.1. The maximum Gasteiger partial charge on any atom is 0.307 e. The Morgan fingerprint density at radius 1 is 0.962 bits per heavy atom. The van der Waals surface area contributed by atoms with Crippen LogP contribution in [0.2, 0.25) is 0 Å². The fraction of sp³-hybridized carbons (Fsp3) is 0.318. The van der Waals surface area contributed by atoms with E-state index in [1.165, 1.54) is 22.0 Å². The predicted molar refractivity (Wildman–Crippen MR) is 101 cm³/mol. The van der Waals surface area contributed by atoms with Gasteiger partial charge in [0.05, 0.1) is 5.92 Å². The predicted octanol–water partition coefficient (Wildman–Crippen LogP) is 3.45. The Kier molecular flexibility index (Phi) is 3.61. The maximum absolute atomic E-state index is 11.2. The second-order valence-corrected chi connectivity index (χ2v) is 7.67. The zero-order valence-corrected chi connectivity index (χ0v) is 14.6. The molecule has 1 aromatic heterocycles. The van der Waals surface area contributed by atoms with Gasteiger partial charge >= 0.3 is 5.97 Å². The molecule has 1 aliphatic heterocycles. The largest absolute Gasteiger partial charge is 0.481 e. The number of rotatable bonds is 5. The van der Waals surface area contributed by atoms with Crippen LogP contribution in [-0.2, 0) is 17.9 Å². The van der Waals surface area contributed by atoms with Gasteiger partial charge in [-0.2, -0.15) is 0 Å². The van der Waals surface area contributed by atoms with Crippen molar-refractivity contribution in [1.82, 2.24) is 9.47 Å². The number of benzene rings is 2. The molecule has 0 spiro atoms. The summed E-state index contributed by atoms with van der Waals surface area (Å²) in [6.45, 7) is 3.61. The van der Waals surface area contributed by atoms with Crippen LogP contribution in [0.25, 0.3) is 10.9 Å². The number of likely N-dealkylation sites (tertiary alicyclic amines) is 1. The van der Waals surface area contributed by atoms with Gasteiger partial charge in [-0.1, -0.05) is 48.5 Å². The minimum absolute atomic E-state index is 0.0920. The Hall–Kier alpha value is -2.59. The fourth-order valence-electron chi connectivity index (χ4n) is 4.71. The van der Waals surface area contributed by atoms with E-state index in [-0.39, 0.29) is 5.92 Å². The van der Waals surface area contributed by atoms with Crippen LogP contribution in [-0.4, -0.2) is 33.6 Å². The van der Waals surface area contributed by atoms with Crippen molar-refractivity contribution in [3.8, 4) is 0 Å². The molecular weight excluding hydrogens is 324 g/mol. The first-order chi connectivity index (χ1) is 12.7. The number of carbonyl (C=O) groups is 1. The molecule has 2 aromatic carbocycles. The Balaban J connectivity index is 1.38. The van der Waals surface area contributed by atoms with Crippen molar-refractivity contribution >= 4 is 16.9 Å². The van der Waals surface area contributed by atoms with Crippen molar-refractivity contribution in [2.75, 3.05) is 13.1 Å². The molecule has 0 amide bonds. The number of hydrogen-bond donors (Lipinski definition) is 1. The van der Waals surface area contributed by atoms with Gasteiger partial charge in [0, 0.05) is 43.3 Å². The van der Waals surface area contributed by atoms with Gasteiger partial charge in [0.1, 0.15) is 0 Å². The third-order valence-electron chi connectivity index (χ3n) is 6.02. The number of para-hydroxylation sites is 1. The van der Waals surface area contributed by atoms with E-state index in [1.807, 2.05) is 6.07 Å². The average molecular weight is 346 g/mol. The van der Waals surface area contributed by atoms with E-state index in [4.69, 9.17) is 0 Å². The molecule has 1 saturated carbocycles. The average Bonchev–Trinajstić information content (AvgIpc) is 3.00. The molecule has 2 aliphatic rings. The molecule has 132 valence electrons. The third-order valence-corrected chi connectivity index (χ3v) is 6.02. The fourth-order valence-corrected chi connectivity index (χ4v) is 4.71. The minimum Gasteiger partial charge on any atom is -0.481 e. The van der Waals surface area contributed by atoms with Gasteiger partial charge in [0.25, 0.3) is 0 Å². The minimum atomic E-state index is -0.612. The molecular formula is C22H22N2O2. The Morgan fingerprint density at radius 2 is 1.65 bits per heavy atom. The quantitative estimate of drug-likeness (QED) is 0.770. The standard InChI is InChI=1S/C22H22N2O2/c25-22(26)21-18-13-23(14-19(18)21)11-16-12-24(10-15-6-2-1-3-7-15)20-9-5-4-8-17(16)20/h1-9,12,18-19,21H,10-11,13-14H2,(H,25,26)/t18-,19+,21?. The lowest BCUT2D eigenvalue weighted by molar-refractivity contribution is -0.139. The Morgan fingerprint density at radius 3 is 2.38 bits per heavy atom. The van der Waals surface area contributed by atoms with E-state index in [0.29, 0.717) is 11.8 Å². The second-order valence-electron chi connectivity index (χ2n) is 7.67. The number of aromatic nitrogens is 1. The highest BCUT2D eigenvalue weighted by atomic mass is 16.4. The summed E-state index contributed by atoms with van der Waals surface area (Å²) in [5.74, 6) is 0.0279. The van der Waals surface area contributed by atoms with Crippen molar-refractivity contribution < 1.29 is 9.90 Å². The third kappa shape index (κ3) is 2.61. The summed E-state index contributed by atoms with van der Waals surface area (Å²) in [5, 5.41) is 10.5. The molecule has 2 heterocycles. The van der Waals surface area contributed by atoms with Crippen LogP contribution >= 0.6 is 0 Å². The molecule has 0 radical (unpaired) electrons. The molecule has 1 N–H and O–H groups in total. The molecule has 4 nitrogen and oxygen atoms in total. The lowest BCUT2D eigenvalue weighted by Crippen LogP contribution is -2.25. The number of fused-ring (bicyclic) bond motifs is 2. The van der Waals surface area contributed by atoms with E-state index < -0.39 is 5.97 Å². The van der Waals surface area contributed by atoms with Gasteiger partial charge in [-0.05, 0) is 29.0 Å². The number of piperidine rings is 1. The topological polar surface area (TPSA) is 45.5 Å². The SMILES string of the molecule is O=C(O)C1[C@H]2CN(Cc3cn(Cc4ccccc4)c4ccccc34)C[C@@H]12. The molecule has 1 saturated heterocycles.